The van der Waals surface area contributed by atoms with Crippen LogP contribution in [0, 0.1) is 28.4 Å². The number of carbonyl (C=O) groups is 2. The minimum absolute atomic E-state index is 0.0112. The topological polar surface area (TPSA) is 115 Å². The number of halogens is 4. The lowest BCUT2D eigenvalue weighted by Gasteiger charge is -2.34. The molecule has 176 valence electrons. The van der Waals surface area contributed by atoms with Gasteiger partial charge < -0.3 is 20.9 Å². The first-order chi connectivity index (χ1) is 15.5. The number of nitrogens with two attached hydrogens (primary N) is 1. The maximum atomic E-state index is 13.7. The minimum atomic E-state index is -3.27. The zero-order chi connectivity index (χ0) is 24.5. The van der Waals surface area contributed by atoms with E-state index in [1.807, 2.05) is 0 Å². The van der Waals surface area contributed by atoms with E-state index in [0.717, 1.165) is 0 Å². The fraction of sp³-hybridized carbons (Fsp3) is 0.429. The Labute approximate surface area is 187 Å². The van der Waals surface area contributed by atoms with Crippen LogP contribution in [-0.2, 0) is 4.79 Å². The molecule has 2 aliphatic heterocycles. The summed E-state index contributed by atoms with van der Waals surface area (Å²) in [4.78, 5) is 32.3. The molecule has 3 N–H and O–H groups in total. The molecule has 0 aliphatic carbocycles. The molecular weight excluding hydrogens is 444 g/mol. The fourth-order valence-corrected chi connectivity index (χ4v) is 3.74. The predicted octanol–water partition coefficient (Wildman–Crippen LogP) is 3.14. The number of hydrogen-bond acceptors (Lipinski definition) is 5. The van der Waals surface area contributed by atoms with Crippen molar-refractivity contribution >= 4 is 23.3 Å². The summed E-state index contributed by atoms with van der Waals surface area (Å²) in [7, 11) is 0. The van der Waals surface area contributed by atoms with E-state index in [9.17, 15) is 32.4 Å². The van der Waals surface area contributed by atoms with Gasteiger partial charge in [0.2, 0.25) is 5.91 Å². The van der Waals surface area contributed by atoms with Gasteiger partial charge in [-0.15, -0.1) is 0 Å². The van der Waals surface area contributed by atoms with Crippen molar-refractivity contribution in [2.75, 3.05) is 25.0 Å². The molecule has 0 saturated carbocycles. The Morgan fingerprint density at radius 3 is 2.70 bits per heavy atom. The molecule has 0 bridgehead atoms. The summed E-state index contributed by atoms with van der Waals surface area (Å²) in [6, 6.07) is 2.21. The number of urea groups is 1. The SMILES string of the molecule is C[C@H]1CN=C(C(=CN)N2CC(C)(C#N)CC2=O)CN1C(=O)Nc1cc(F)c(F)c(C(F)F)c1. The number of aliphatic imine (C=N–C) groups is 1. The second-order valence-corrected chi connectivity index (χ2v) is 8.24. The van der Waals surface area contributed by atoms with Crippen LogP contribution in [0.25, 0.3) is 0 Å². The zero-order valence-electron chi connectivity index (χ0n) is 17.9. The Balaban J connectivity index is 1.80. The lowest BCUT2D eigenvalue weighted by atomic mass is 9.92. The molecule has 8 nitrogen and oxygen atoms in total. The van der Waals surface area contributed by atoms with Crippen molar-refractivity contribution in [1.29, 1.82) is 5.26 Å². The van der Waals surface area contributed by atoms with Crippen LogP contribution < -0.4 is 11.1 Å². The molecule has 1 aromatic rings. The van der Waals surface area contributed by atoms with Crippen molar-refractivity contribution in [1.82, 2.24) is 9.80 Å². The lowest BCUT2D eigenvalue weighted by Crippen LogP contribution is -2.50. The molecule has 1 unspecified atom stereocenters. The van der Waals surface area contributed by atoms with Gasteiger partial charge in [-0.25, -0.2) is 22.4 Å². The average Bonchev–Trinajstić information content (AvgIpc) is 3.06. The van der Waals surface area contributed by atoms with Gasteiger partial charge in [-0.1, -0.05) is 0 Å². The zero-order valence-corrected chi connectivity index (χ0v) is 17.9. The number of anilines is 1. The van der Waals surface area contributed by atoms with Crippen molar-refractivity contribution in [3.63, 3.8) is 0 Å². The predicted molar refractivity (Wildman–Crippen MR) is 111 cm³/mol. The monoisotopic (exact) mass is 466 g/mol. The van der Waals surface area contributed by atoms with E-state index in [1.165, 1.54) is 16.0 Å². The lowest BCUT2D eigenvalue weighted by molar-refractivity contribution is -0.125. The van der Waals surface area contributed by atoms with Gasteiger partial charge in [0.25, 0.3) is 6.43 Å². The number of rotatable bonds is 4. The van der Waals surface area contributed by atoms with Gasteiger partial charge in [-0.05, 0) is 19.9 Å². The number of nitriles is 1. The Morgan fingerprint density at radius 1 is 1.42 bits per heavy atom. The van der Waals surface area contributed by atoms with Crippen molar-refractivity contribution in [3.05, 3.63) is 41.2 Å². The number of hydrogen-bond donors (Lipinski definition) is 2. The fourth-order valence-electron chi connectivity index (χ4n) is 3.74. The Kier molecular flexibility index (Phi) is 6.62. The standard InChI is InChI=1S/C21H22F4N6O2/c1-11-7-28-15(16(6-26)31-10-21(2,9-27)5-17(31)32)8-30(11)20(33)29-12-3-13(19(24)25)18(23)14(22)4-12/h3-4,6,11,19H,5,7-8,10,26H2,1-2H3,(H,29,33)/t11-,21?/m0/s1. The van der Waals surface area contributed by atoms with Crippen LogP contribution in [0.4, 0.5) is 28.0 Å². The normalized spacial score (nSPS) is 23.6. The number of nitrogens with one attached hydrogen (secondary N) is 1. The molecular formula is C21H22F4N6O2. The molecule has 1 aromatic carbocycles. The number of carbonyl (C=O) groups excluding carboxylic acids is 2. The van der Waals surface area contributed by atoms with Crippen LogP contribution in [0.15, 0.2) is 29.0 Å². The molecule has 3 rings (SSSR count). The van der Waals surface area contributed by atoms with Crippen LogP contribution in [0.2, 0.25) is 0 Å². The molecule has 33 heavy (non-hydrogen) atoms. The van der Waals surface area contributed by atoms with E-state index >= 15 is 0 Å². The smallest absolute Gasteiger partial charge is 0.322 e. The first-order valence-electron chi connectivity index (χ1n) is 10.0. The second kappa shape index (κ2) is 9.09. The summed E-state index contributed by atoms with van der Waals surface area (Å²) in [5.41, 5.74) is 3.94. The molecule has 0 spiro atoms. The van der Waals surface area contributed by atoms with Crippen molar-refractivity contribution in [2.24, 2.45) is 16.1 Å². The maximum Gasteiger partial charge on any atom is 0.322 e. The van der Waals surface area contributed by atoms with Gasteiger partial charge in [-0.3, -0.25) is 9.79 Å². The first kappa shape index (κ1) is 24.0. The van der Waals surface area contributed by atoms with Gasteiger partial charge in [0.05, 0.1) is 47.6 Å². The number of benzene rings is 1. The molecule has 12 heteroatoms. The molecule has 2 heterocycles. The maximum absolute atomic E-state index is 13.7. The molecule has 0 aromatic heterocycles. The highest BCUT2D eigenvalue weighted by Gasteiger charge is 2.42. The molecule has 0 radical (unpaired) electrons. The molecule has 3 amide bonds. The summed E-state index contributed by atoms with van der Waals surface area (Å²) in [5.74, 6) is -3.51. The van der Waals surface area contributed by atoms with Crippen LogP contribution in [0.1, 0.15) is 32.3 Å². The highest BCUT2D eigenvalue weighted by atomic mass is 19.3. The molecule has 1 saturated heterocycles. The van der Waals surface area contributed by atoms with Crippen molar-refractivity contribution in [3.8, 4) is 6.07 Å². The molecule has 2 aliphatic rings. The summed E-state index contributed by atoms with van der Waals surface area (Å²) >= 11 is 0. The highest BCUT2D eigenvalue weighted by molar-refractivity contribution is 6.07. The largest absolute Gasteiger partial charge is 0.403 e. The third kappa shape index (κ3) is 4.76. The number of likely N-dealkylation sites (tertiary alicyclic amines) is 1. The van der Waals surface area contributed by atoms with Gasteiger partial charge in [0.1, 0.15) is 0 Å². The highest BCUT2D eigenvalue weighted by Crippen LogP contribution is 2.33. The van der Waals surface area contributed by atoms with Gasteiger partial charge in [-0.2, -0.15) is 5.26 Å². The second-order valence-electron chi connectivity index (χ2n) is 8.24. The summed E-state index contributed by atoms with van der Waals surface area (Å²) < 4.78 is 53.2. The average molecular weight is 466 g/mol. The van der Waals surface area contributed by atoms with Gasteiger partial charge >= 0.3 is 6.03 Å². The van der Waals surface area contributed by atoms with Crippen LogP contribution in [-0.4, -0.2) is 53.1 Å². The summed E-state index contributed by atoms with van der Waals surface area (Å²) in [5, 5.41) is 11.6. The number of amides is 3. The van der Waals surface area contributed by atoms with Crippen LogP contribution in [0.5, 0.6) is 0 Å². The summed E-state index contributed by atoms with van der Waals surface area (Å²) in [6.07, 6.45) is -2.08. The van der Waals surface area contributed by atoms with E-state index in [-0.39, 0.29) is 43.3 Å². The Morgan fingerprint density at radius 2 is 2.12 bits per heavy atom. The van der Waals surface area contributed by atoms with Crippen molar-refractivity contribution < 1.29 is 27.2 Å². The molecule has 1 fully saturated rings. The third-order valence-corrected chi connectivity index (χ3v) is 5.57. The number of alkyl halides is 2. The van der Waals surface area contributed by atoms with E-state index < -0.39 is 41.1 Å². The quantitative estimate of drug-likeness (QED) is 0.664. The first-order valence-corrected chi connectivity index (χ1v) is 10.0. The van der Waals surface area contributed by atoms with E-state index in [1.54, 1.807) is 13.8 Å². The van der Waals surface area contributed by atoms with E-state index in [4.69, 9.17) is 5.73 Å². The Hall–Kier alpha value is -3.62. The van der Waals surface area contributed by atoms with Crippen LogP contribution >= 0.6 is 0 Å². The third-order valence-electron chi connectivity index (χ3n) is 5.57. The summed E-state index contributed by atoms with van der Waals surface area (Å²) in [6.45, 7) is 3.51. The Bertz CT molecular complexity index is 1080. The van der Waals surface area contributed by atoms with E-state index in [2.05, 4.69) is 16.4 Å². The van der Waals surface area contributed by atoms with Gasteiger partial charge in [0.15, 0.2) is 11.6 Å². The van der Waals surface area contributed by atoms with Crippen molar-refractivity contribution in [2.45, 2.75) is 32.7 Å². The minimum Gasteiger partial charge on any atom is -0.403 e. The molecule has 2 atom stereocenters. The van der Waals surface area contributed by atoms with E-state index in [0.29, 0.717) is 17.8 Å². The number of nitrogens with zero attached hydrogens (tertiary/aromatic N) is 4. The van der Waals surface area contributed by atoms with Crippen LogP contribution in [0.3, 0.4) is 0 Å². The van der Waals surface area contributed by atoms with Gasteiger partial charge in [0, 0.05) is 30.9 Å².